The molecule has 3 atom stereocenters. The third-order valence-corrected chi connectivity index (χ3v) is 5.69. The fourth-order valence-electron chi connectivity index (χ4n) is 4.21. The second-order valence-electron chi connectivity index (χ2n) is 9.17. The molecule has 0 radical (unpaired) electrons. The van der Waals surface area contributed by atoms with Gasteiger partial charge in [-0.15, -0.1) is 0 Å². The number of hydrogen-bond acceptors (Lipinski definition) is 4. The van der Waals surface area contributed by atoms with Gasteiger partial charge in [-0.25, -0.2) is 4.79 Å². The Morgan fingerprint density at radius 1 is 1.15 bits per heavy atom. The lowest BCUT2D eigenvalue weighted by atomic mass is 9.80. The summed E-state index contributed by atoms with van der Waals surface area (Å²) in [6.45, 7) is 4.66. The van der Waals surface area contributed by atoms with E-state index in [0.717, 1.165) is 12.1 Å². The average Bonchev–Trinajstić information content (AvgIpc) is 2.71. The van der Waals surface area contributed by atoms with Crippen molar-refractivity contribution in [2.75, 3.05) is 13.2 Å². The van der Waals surface area contributed by atoms with E-state index in [-0.39, 0.29) is 24.1 Å². The van der Waals surface area contributed by atoms with Gasteiger partial charge in [0.25, 0.3) is 5.91 Å². The van der Waals surface area contributed by atoms with Crippen molar-refractivity contribution in [3.63, 3.8) is 0 Å². The quantitative estimate of drug-likeness (QED) is 0.507. The zero-order valence-corrected chi connectivity index (χ0v) is 18.8. The molecule has 2 rings (SSSR count). The Balaban J connectivity index is 1.94. The van der Waals surface area contributed by atoms with Crippen LogP contribution in [0.1, 0.15) is 56.0 Å². The van der Waals surface area contributed by atoms with Gasteiger partial charge in [0.2, 0.25) is 5.91 Å². The molecule has 0 spiro atoms. The van der Waals surface area contributed by atoms with Gasteiger partial charge in [0.1, 0.15) is 0 Å². The molecule has 0 bridgehead atoms. The second-order valence-corrected chi connectivity index (χ2v) is 9.17. The van der Waals surface area contributed by atoms with Gasteiger partial charge in [-0.3, -0.25) is 9.59 Å². The van der Waals surface area contributed by atoms with E-state index in [1.165, 1.54) is 11.0 Å². The fourth-order valence-corrected chi connectivity index (χ4v) is 4.21. The SMILES string of the molecule is CC(C)(C)N(C(=O)O)C1CC[C@H](NC(=O)CNC(=O)c2cccc(C(F)(F)F)c2)[C@H](CO)C1. The fraction of sp³-hybridized carbons (Fsp3) is 0.591. The van der Waals surface area contributed by atoms with Crippen molar-refractivity contribution in [1.82, 2.24) is 15.5 Å². The van der Waals surface area contributed by atoms with E-state index < -0.39 is 47.8 Å². The topological polar surface area (TPSA) is 119 Å². The van der Waals surface area contributed by atoms with Crippen molar-refractivity contribution in [1.29, 1.82) is 0 Å². The Morgan fingerprint density at radius 2 is 1.82 bits per heavy atom. The number of nitrogens with zero attached hydrogens (tertiary/aromatic N) is 1. The molecular weight excluding hydrogens is 443 g/mol. The van der Waals surface area contributed by atoms with E-state index in [2.05, 4.69) is 10.6 Å². The van der Waals surface area contributed by atoms with Crippen molar-refractivity contribution in [2.24, 2.45) is 5.92 Å². The Labute approximate surface area is 190 Å². The van der Waals surface area contributed by atoms with E-state index in [1.54, 1.807) is 20.8 Å². The Kier molecular flexibility index (Phi) is 8.34. The summed E-state index contributed by atoms with van der Waals surface area (Å²) in [6, 6.07) is 3.16. The van der Waals surface area contributed by atoms with Crippen molar-refractivity contribution >= 4 is 17.9 Å². The van der Waals surface area contributed by atoms with Crippen LogP contribution < -0.4 is 10.6 Å². The Bertz CT molecular complexity index is 870. The van der Waals surface area contributed by atoms with Gasteiger partial charge >= 0.3 is 12.3 Å². The summed E-state index contributed by atoms with van der Waals surface area (Å²) >= 11 is 0. The van der Waals surface area contributed by atoms with Crippen molar-refractivity contribution in [2.45, 2.75) is 63.8 Å². The number of hydrogen-bond donors (Lipinski definition) is 4. The Morgan fingerprint density at radius 3 is 2.36 bits per heavy atom. The molecule has 0 aromatic heterocycles. The van der Waals surface area contributed by atoms with E-state index in [1.807, 2.05) is 0 Å². The van der Waals surface area contributed by atoms with Crippen LogP contribution in [0.2, 0.25) is 0 Å². The largest absolute Gasteiger partial charge is 0.465 e. The summed E-state index contributed by atoms with van der Waals surface area (Å²) in [5.41, 5.74) is -1.81. The molecule has 1 aliphatic carbocycles. The molecule has 1 aliphatic rings. The maximum absolute atomic E-state index is 12.8. The number of carbonyl (C=O) groups excluding carboxylic acids is 2. The van der Waals surface area contributed by atoms with E-state index in [0.29, 0.717) is 25.3 Å². The number of amides is 3. The van der Waals surface area contributed by atoms with Crippen LogP contribution in [0.3, 0.4) is 0 Å². The standard InChI is InChI=1S/C22H30F3N3O5/c1-21(2,3)28(20(32)33)16-7-8-17(14(10-16)12-29)27-18(30)11-26-19(31)13-5-4-6-15(9-13)22(23,24)25/h4-6,9,14,16-17,29H,7-8,10-12H2,1-3H3,(H,26,31)(H,27,30)(H,32,33)/t14-,16?,17-/m0/s1. The number of nitrogens with one attached hydrogen (secondary N) is 2. The monoisotopic (exact) mass is 473 g/mol. The van der Waals surface area contributed by atoms with E-state index >= 15 is 0 Å². The van der Waals surface area contributed by atoms with Crippen LogP contribution in [0.15, 0.2) is 24.3 Å². The molecule has 0 aliphatic heterocycles. The molecule has 33 heavy (non-hydrogen) atoms. The minimum absolute atomic E-state index is 0.220. The number of halogens is 3. The minimum atomic E-state index is -4.59. The highest BCUT2D eigenvalue weighted by atomic mass is 19.4. The first-order valence-electron chi connectivity index (χ1n) is 10.6. The van der Waals surface area contributed by atoms with E-state index in [9.17, 15) is 37.8 Å². The van der Waals surface area contributed by atoms with Crippen LogP contribution in [0.4, 0.5) is 18.0 Å². The molecule has 3 amide bonds. The minimum Gasteiger partial charge on any atom is -0.465 e. The zero-order valence-electron chi connectivity index (χ0n) is 18.8. The molecular formula is C22H30F3N3O5. The summed E-state index contributed by atoms with van der Waals surface area (Å²) < 4.78 is 38.4. The lowest BCUT2D eigenvalue weighted by molar-refractivity contribution is -0.137. The summed E-state index contributed by atoms with van der Waals surface area (Å²) in [7, 11) is 0. The highest BCUT2D eigenvalue weighted by molar-refractivity contribution is 5.96. The molecule has 1 saturated carbocycles. The van der Waals surface area contributed by atoms with E-state index in [4.69, 9.17) is 0 Å². The normalized spacial score (nSPS) is 21.2. The third kappa shape index (κ3) is 7.08. The van der Waals surface area contributed by atoms with Gasteiger partial charge < -0.3 is 25.7 Å². The number of rotatable bonds is 6. The number of aliphatic hydroxyl groups is 1. The van der Waals surface area contributed by atoms with Crippen LogP contribution in [-0.4, -0.2) is 63.8 Å². The zero-order chi connectivity index (χ0) is 25.0. The average molecular weight is 473 g/mol. The summed E-state index contributed by atoms with van der Waals surface area (Å²) in [5.74, 6) is -1.75. The second kappa shape index (κ2) is 10.4. The lowest BCUT2D eigenvalue weighted by Crippen LogP contribution is -2.56. The van der Waals surface area contributed by atoms with Crippen molar-refractivity contribution in [3.05, 3.63) is 35.4 Å². The molecule has 0 heterocycles. The molecule has 1 aromatic rings. The number of carbonyl (C=O) groups is 3. The number of alkyl halides is 3. The van der Waals surface area contributed by atoms with Crippen molar-refractivity contribution in [3.8, 4) is 0 Å². The predicted molar refractivity (Wildman–Crippen MR) is 114 cm³/mol. The molecule has 184 valence electrons. The van der Waals surface area contributed by atoms with Crippen LogP contribution in [0.25, 0.3) is 0 Å². The van der Waals surface area contributed by atoms with Gasteiger partial charge in [-0.2, -0.15) is 13.2 Å². The van der Waals surface area contributed by atoms with Crippen molar-refractivity contribution < 1.29 is 37.8 Å². The van der Waals surface area contributed by atoms with Crippen LogP contribution >= 0.6 is 0 Å². The number of benzene rings is 1. The molecule has 11 heteroatoms. The van der Waals surface area contributed by atoms with Gasteiger partial charge in [0.05, 0.1) is 12.1 Å². The molecule has 1 fully saturated rings. The molecule has 1 unspecified atom stereocenters. The van der Waals surface area contributed by atoms with Crippen LogP contribution in [0.5, 0.6) is 0 Å². The van der Waals surface area contributed by atoms with Gasteiger partial charge in [0, 0.05) is 35.7 Å². The molecule has 8 nitrogen and oxygen atoms in total. The van der Waals surface area contributed by atoms with Gasteiger partial charge in [-0.1, -0.05) is 6.07 Å². The number of aliphatic hydroxyl groups excluding tert-OH is 1. The first-order valence-corrected chi connectivity index (χ1v) is 10.6. The summed E-state index contributed by atoms with van der Waals surface area (Å²) in [6.07, 6.45) is -4.36. The third-order valence-electron chi connectivity index (χ3n) is 5.69. The van der Waals surface area contributed by atoms with Gasteiger partial charge in [0.15, 0.2) is 0 Å². The molecule has 0 saturated heterocycles. The molecule has 4 N–H and O–H groups in total. The highest BCUT2D eigenvalue weighted by Gasteiger charge is 2.39. The predicted octanol–water partition coefficient (Wildman–Crippen LogP) is 2.86. The molecule has 1 aromatic carbocycles. The van der Waals surface area contributed by atoms with Gasteiger partial charge in [-0.05, 0) is 58.2 Å². The maximum atomic E-state index is 12.8. The van der Waals surface area contributed by atoms with Crippen LogP contribution in [-0.2, 0) is 11.0 Å². The summed E-state index contributed by atoms with van der Waals surface area (Å²) in [4.78, 5) is 37.6. The summed E-state index contributed by atoms with van der Waals surface area (Å²) in [5, 5.41) is 24.4. The van der Waals surface area contributed by atoms with Crippen LogP contribution in [0, 0.1) is 5.92 Å². The maximum Gasteiger partial charge on any atom is 0.416 e. The highest BCUT2D eigenvalue weighted by Crippen LogP contribution is 2.32. The first kappa shape index (κ1) is 26.4. The first-order chi connectivity index (χ1) is 15.2. The Hall–Kier alpha value is -2.82. The number of carboxylic acid groups (broad SMARTS) is 1. The smallest absolute Gasteiger partial charge is 0.416 e. The lowest BCUT2D eigenvalue weighted by Gasteiger charge is -2.45.